The number of rotatable bonds is 5. The normalized spacial score (nSPS) is 27.2. The fraction of sp³-hybridized carbons (Fsp3) is 1.00. The predicted octanol–water partition coefficient (Wildman–Crippen LogP) is 1.82. The first-order chi connectivity index (χ1) is 10.1. The molecule has 2 aliphatic heterocycles. The van der Waals surface area contributed by atoms with E-state index in [1.807, 2.05) is 0 Å². The van der Waals surface area contributed by atoms with Crippen LogP contribution in [0.15, 0.2) is 0 Å². The van der Waals surface area contributed by atoms with Gasteiger partial charge in [0.25, 0.3) is 10.2 Å². The van der Waals surface area contributed by atoms with Gasteiger partial charge in [0.1, 0.15) is 0 Å². The summed E-state index contributed by atoms with van der Waals surface area (Å²) in [7, 11) is -3.24. The van der Waals surface area contributed by atoms with Gasteiger partial charge < -0.3 is 5.32 Å². The molecule has 0 amide bonds. The average Bonchev–Trinajstić information content (AvgIpc) is 2.44. The summed E-state index contributed by atoms with van der Waals surface area (Å²) in [5.74, 6) is 0.461. The third-order valence-electron chi connectivity index (χ3n) is 4.63. The number of hydrogen-bond acceptors (Lipinski definition) is 3. The molecule has 0 aromatic carbocycles. The molecule has 21 heavy (non-hydrogen) atoms. The Bertz CT molecular complexity index is 392. The van der Waals surface area contributed by atoms with Crippen molar-refractivity contribution in [2.75, 3.05) is 39.3 Å². The molecule has 0 spiro atoms. The quantitative estimate of drug-likeness (QED) is 0.841. The van der Waals surface area contributed by atoms with Crippen molar-refractivity contribution in [3.05, 3.63) is 0 Å². The van der Waals surface area contributed by atoms with E-state index in [0.717, 1.165) is 51.6 Å². The highest BCUT2D eigenvalue weighted by molar-refractivity contribution is 7.86. The summed E-state index contributed by atoms with van der Waals surface area (Å²) in [4.78, 5) is 0. The molecule has 2 aliphatic rings. The number of hydrogen-bond donors (Lipinski definition) is 1. The standard InChI is InChI=1S/C15H31N3O2S/c1-2-16-13-15-9-8-12-18(14-15)21(19,20)17-10-6-4-3-5-7-11-17/h15-16H,2-14H2,1H3. The van der Waals surface area contributed by atoms with Crippen molar-refractivity contribution in [1.29, 1.82) is 0 Å². The molecule has 0 aliphatic carbocycles. The molecule has 5 nitrogen and oxygen atoms in total. The summed E-state index contributed by atoms with van der Waals surface area (Å²) < 4.78 is 29.2. The maximum atomic E-state index is 12.9. The second-order valence-electron chi connectivity index (χ2n) is 6.35. The fourth-order valence-corrected chi connectivity index (χ4v) is 5.17. The van der Waals surface area contributed by atoms with Crippen LogP contribution in [0.4, 0.5) is 0 Å². The highest BCUT2D eigenvalue weighted by atomic mass is 32.2. The van der Waals surface area contributed by atoms with Gasteiger partial charge in [0.15, 0.2) is 0 Å². The van der Waals surface area contributed by atoms with E-state index < -0.39 is 10.2 Å². The zero-order valence-corrected chi connectivity index (χ0v) is 14.2. The predicted molar refractivity (Wildman–Crippen MR) is 86.4 cm³/mol. The van der Waals surface area contributed by atoms with Crippen molar-refractivity contribution in [3.8, 4) is 0 Å². The van der Waals surface area contributed by atoms with Crippen LogP contribution >= 0.6 is 0 Å². The zero-order chi connectivity index (χ0) is 15.1. The van der Waals surface area contributed by atoms with Crippen LogP contribution < -0.4 is 5.32 Å². The summed E-state index contributed by atoms with van der Waals surface area (Å²) in [6.07, 6.45) is 7.72. The first-order valence-corrected chi connectivity index (χ1v) is 10.00. The molecule has 2 saturated heterocycles. The number of piperidine rings is 1. The van der Waals surface area contributed by atoms with E-state index in [1.54, 1.807) is 8.61 Å². The van der Waals surface area contributed by atoms with Crippen molar-refractivity contribution >= 4 is 10.2 Å². The van der Waals surface area contributed by atoms with Gasteiger partial charge in [-0.1, -0.05) is 26.2 Å². The molecule has 0 aromatic rings. The second kappa shape index (κ2) is 8.46. The summed E-state index contributed by atoms with van der Waals surface area (Å²) in [5.41, 5.74) is 0. The van der Waals surface area contributed by atoms with Crippen molar-refractivity contribution in [1.82, 2.24) is 13.9 Å². The molecule has 1 N–H and O–H groups in total. The van der Waals surface area contributed by atoms with Gasteiger partial charge in [-0.15, -0.1) is 0 Å². The third kappa shape index (κ3) is 4.91. The lowest BCUT2D eigenvalue weighted by Gasteiger charge is -2.36. The maximum Gasteiger partial charge on any atom is 0.281 e. The molecular formula is C15H31N3O2S. The molecule has 0 saturated carbocycles. The van der Waals surface area contributed by atoms with Crippen LogP contribution in [0.5, 0.6) is 0 Å². The van der Waals surface area contributed by atoms with Crippen LogP contribution in [0.1, 0.15) is 51.9 Å². The van der Waals surface area contributed by atoms with Crippen LogP contribution in [0.25, 0.3) is 0 Å². The summed E-state index contributed by atoms with van der Waals surface area (Å²) in [6.45, 7) is 6.77. The van der Waals surface area contributed by atoms with Crippen LogP contribution in [-0.4, -0.2) is 56.3 Å². The Morgan fingerprint density at radius 1 is 0.952 bits per heavy atom. The van der Waals surface area contributed by atoms with Gasteiger partial charge in [-0.3, -0.25) is 0 Å². The van der Waals surface area contributed by atoms with E-state index in [4.69, 9.17) is 0 Å². The lowest BCUT2D eigenvalue weighted by Crippen LogP contribution is -2.50. The summed E-state index contributed by atoms with van der Waals surface area (Å²) in [5, 5.41) is 3.35. The van der Waals surface area contributed by atoms with Gasteiger partial charge in [-0.05, 0) is 44.7 Å². The van der Waals surface area contributed by atoms with E-state index >= 15 is 0 Å². The van der Waals surface area contributed by atoms with Gasteiger partial charge in [-0.2, -0.15) is 17.0 Å². The highest BCUT2D eigenvalue weighted by Gasteiger charge is 2.33. The van der Waals surface area contributed by atoms with E-state index in [9.17, 15) is 8.42 Å². The fourth-order valence-electron chi connectivity index (χ4n) is 3.36. The Labute approximate surface area is 130 Å². The van der Waals surface area contributed by atoms with E-state index in [1.165, 1.54) is 6.42 Å². The van der Waals surface area contributed by atoms with E-state index in [0.29, 0.717) is 32.1 Å². The molecule has 2 heterocycles. The molecule has 0 aromatic heterocycles. The SMILES string of the molecule is CCNCC1CCCN(S(=O)(=O)N2CCCCCCC2)C1. The molecule has 0 bridgehead atoms. The van der Waals surface area contributed by atoms with Crippen molar-refractivity contribution in [3.63, 3.8) is 0 Å². The minimum atomic E-state index is -3.24. The van der Waals surface area contributed by atoms with Crippen molar-refractivity contribution < 1.29 is 8.42 Å². The molecule has 1 atom stereocenters. The molecular weight excluding hydrogens is 286 g/mol. The third-order valence-corrected chi connectivity index (χ3v) is 6.63. The maximum absolute atomic E-state index is 12.9. The van der Waals surface area contributed by atoms with Crippen LogP contribution in [0.3, 0.4) is 0 Å². The molecule has 2 fully saturated rings. The Morgan fingerprint density at radius 3 is 2.24 bits per heavy atom. The monoisotopic (exact) mass is 317 g/mol. The average molecular weight is 317 g/mol. The molecule has 0 radical (unpaired) electrons. The minimum Gasteiger partial charge on any atom is -0.317 e. The summed E-state index contributed by atoms with van der Waals surface area (Å²) in [6, 6.07) is 0. The smallest absolute Gasteiger partial charge is 0.281 e. The Kier molecular flexibility index (Phi) is 6.92. The molecule has 2 rings (SSSR count). The lowest BCUT2D eigenvalue weighted by molar-refractivity contribution is 0.238. The first kappa shape index (κ1) is 17.2. The van der Waals surface area contributed by atoms with Crippen LogP contribution in [0, 0.1) is 5.92 Å². The van der Waals surface area contributed by atoms with E-state index in [-0.39, 0.29) is 0 Å². The molecule has 6 heteroatoms. The van der Waals surface area contributed by atoms with Gasteiger partial charge in [0.05, 0.1) is 0 Å². The van der Waals surface area contributed by atoms with Gasteiger partial charge >= 0.3 is 0 Å². The number of nitrogens with one attached hydrogen (secondary N) is 1. The molecule has 124 valence electrons. The largest absolute Gasteiger partial charge is 0.317 e. The van der Waals surface area contributed by atoms with Crippen LogP contribution in [0.2, 0.25) is 0 Å². The Hall–Kier alpha value is -0.170. The first-order valence-electron chi connectivity index (χ1n) is 8.60. The van der Waals surface area contributed by atoms with Crippen molar-refractivity contribution in [2.24, 2.45) is 5.92 Å². The van der Waals surface area contributed by atoms with Gasteiger partial charge in [0, 0.05) is 26.2 Å². The van der Waals surface area contributed by atoms with Gasteiger partial charge in [-0.25, -0.2) is 0 Å². The molecule has 1 unspecified atom stereocenters. The van der Waals surface area contributed by atoms with Gasteiger partial charge in [0.2, 0.25) is 0 Å². The Balaban J connectivity index is 1.96. The minimum absolute atomic E-state index is 0.461. The van der Waals surface area contributed by atoms with Crippen molar-refractivity contribution in [2.45, 2.75) is 51.9 Å². The summed E-state index contributed by atoms with van der Waals surface area (Å²) >= 11 is 0. The Morgan fingerprint density at radius 2 is 1.57 bits per heavy atom. The second-order valence-corrected chi connectivity index (χ2v) is 8.28. The van der Waals surface area contributed by atoms with Crippen LogP contribution in [-0.2, 0) is 10.2 Å². The highest BCUT2D eigenvalue weighted by Crippen LogP contribution is 2.22. The zero-order valence-electron chi connectivity index (χ0n) is 13.4. The van der Waals surface area contributed by atoms with E-state index in [2.05, 4.69) is 12.2 Å². The lowest BCUT2D eigenvalue weighted by atomic mass is 10.00. The number of nitrogens with zero attached hydrogens (tertiary/aromatic N) is 2. The topological polar surface area (TPSA) is 52.7 Å².